The van der Waals surface area contributed by atoms with Crippen LogP contribution < -0.4 is 5.32 Å². The van der Waals surface area contributed by atoms with Crippen LogP contribution >= 0.6 is 11.6 Å². The summed E-state index contributed by atoms with van der Waals surface area (Å²) in [6.07, 6.45) is 7.80. The molecule has 2 aromatic heterocycles. The molecule has 6 nitrogen and oxygen atoms in total. The molecule has 5 rings (SSSR count). The van der Waals surface area contributed by atoms with E-state index in [1.807, 2.05) is 24.3 Å². The van der Waals surface area contributed by atoms with E-state index in [0.29, 0.717) is 11.6 Å². The van der Waals surface area contributed by atoms with E-state index < -0.39 is 0 Å². The number of anilines is 1. The summed E-state index contributed by atoms with van der Waals surface area (Å²) in [5.74, 6) is 3.75. The fourth-order valence-electron chi connectivity index (χ4n) is 4.16. The number of fused-ring (bicyclic) bond motifs is 2. The molecule has 0 spiro atoms. The Bertz CT molecular complexity index is 1010. The Morgan fingerprint density at radius 1 is 1.00 bits per heavy atom. The van der Waals surface area contributed by atoms with Crippen LogP contribution in [0.5, 0.6) is 0 Å². The highest BCUT2D eigenvalue weighted by Gasteiger charge is 2.20. The summed E-state index contributed by atoms with van der Waals surface area (Å²) in [7, 11) is 0. The van der Waals surface area contributed by atoms with Gasteiger partial charge in [0.1, 0.15) is 11.6 Å². The number of benzene rings is 1. The molecule has 0 amide bonds. The van der Waals surface area contributed by atoms with E-state index in [1.165, 1.54) is 31.2 Å². The van der Waals surface area contributed by atoms with Gasteiger partial charge in [0.25, 0.3) is 0 Å². The SMILES string of the molecule is Clc1cccc(-c2nc3c(c(NCc4nnc5n4CCCC5)n2)CCCC3)c1. The van der Waals surface area contributed by atoms with Gasteiger partial charge in [-0.05, 0) is 50.7 Å². The van der Waals surface area contributed by atoms with Crippen molar-refractivity contribution in [2.45, 2.75) is 58.0 Å². The lowest BCUT2D eigenvalue weighted by atomic mass is 9.96. The zero-order valence-corrected chi connectivity index (χ0v) is 16.5. The number of hydrogen-bond donors (Lipinski definition) is 1. The van der Waals surface area contributed by atoms with E-state index in [2.05, 4.69) is 20.1 Å². The summed E-state index contributed by atoms with van der Waals surface area (Å²) in [5, 5.41) is 13.0. The molecular formula is C21H23ClN6. The predicted molar refractivity (Wildman–Crippen MR) is 109 cm³/mol. The first kappa shape index (κ1) is 17.6. The fourth-order valence-corrected chi connectivity index (χ4v) is 4.35. The first-order valence-electron chi connectivity index (χ1n) is 10.1. The van der Waals surface area contributed by atoms with Crippen LogP contribution in [0.25, 0.3) is 11.4 Å². The maximum absolute atomic E-state index is 6.18. The first-order chi connectivity index (χ1) is 13.8. The minimum Gasteiger partial charge on any atom is -0.362 e. The molecule has 0 saturated carbocycles. The summed E-state index contributed by atoms with van der Waals surface area (Å²) in [5.41, 5.74) is 3.35. The maximum Gasteiger partial charge on any atom is 0.161 e. The Labute approximate surface area is 169 Å². The molecule has 1 N–H and O–H groups in total. The topological polar surface area (TPSA) is 68.5 Å². The van der Waals surface area contributed by atoms with Crippen LogP contribution in [0.2, 0.25) is 5.02 Å². The minimum atomic E-state index is 0.630. The standard InChI is InChI=1S/C21H23ClN6/c22-15-7-5-6-14(12-15)20-24-17-9-2-1-8-16(17)21(25-20)23-13-19-27-26-18-10-3-4-11-28(18)19/h5-7,12H,1-4,8-11,13H2,(H,23,24,25). The molecular weight excluding hydrogens is 372 g/mol. The molecule has 1 aliphatic carbocycles. The summed E-state index contributed by atoms with van der Waals surface area (Å²) < 4.78 is 2.25. The lowest BCUT2D eigenvalue weighted by Gasteiger charge is -2.20. The van der Waals surface area contributed by atoms with Crippen molar-refractivity contribution in [3.05, 3.63) is 52.2 Å². The van der Waals surface area contributed by atoms with Gasteiger partial charge in [-0.25, -0.2) is 9.97 Å². The first-order valence-corrected chi connectivity index (χ1v) is 10.5. The Hall–Kier alpha value is -2.47. The fraction of sp³-hybridized carbons (Fsp3) is 0.429. The quantitative estimate of drug-likeness (QED) is 0.717. The molecule has 0 unspecified atom stereocenters. The number of halogens is 1. The van der Waals surface area contributed by atoms with Crippen LogP contribution in [0.4, 0.5) is 5.82 Å². The van der Waals surface area contributed by atoms with E-state index in [4.69, 9.17) is 21.6 Å². The van der Waals surface area contributed by atoms with E-state index in [1.54, 1.807) is 0 Å². The molecule has 0 atom stereocenters. The number of aromatic nitrogens is 5. The Kier molecular flexibility index (Phi) is 4.72. The highest BCUT2D eigenvalue weighted by molar-refractivity contribution is 6.30. The van der Waals surface area contributed by atoms with Crippen molar-refractivity contribution in [2.24, 2.45) is 0 Å². The molecule has 0 radical (unpaired) electrons. The van der Waals surface area contributed by atoms with Gasteiger partial charge in [-0.1, -0.05) is 23.7 Å². The molecule has 1 aromatic carbocycles. The van der Waals surface area contributed by atoms with Gasteiger partial charge in [-0.3, -0.25) is 0 Å². The highest BCUT2D eigenvalue weighted by atomic mass is 35.5. The minimum absolute atomic E-state index is 0.630. The zero-order valence-electron chi connectivity index (χ0n) is 15.8. The monoisotopic (exact) mass is 394 g/mol. The molecule has 3 aromatic rings. The number of rotatable bonds is 4. The lowest BCUT2D eigenvalue weighted by molar-refractivity contribution is 0.509. The van der Waals surface area contributed by atoms with Crippen LogP contribution in [0.15, 0.2) is 24.3 Å². The van der Waals surface area contributed by atoms with Gasteiger partial charge in [-0.2, -0.15) is 0 Å². The van der Waals surface area contributed by atoms with Crippen LogP contribution in [0.3, 0.4) is 0 Å². The number of aryl methyl sites for hydroxylation is 2. The molecule has 28 heavy (non-hydrogen) atoms. The van der Waals surface area contributed by atoms with Crippen molar-refractivity contribution in [1.29, 1.82) is 0 Å². The molecule has 0 bridgehead atoms. The second-order valence-electron chi connectivity index (χ2n) is 7.53. The van der Waals surface area contributed by atoms with E-state index in [9.17, 15) is 0 Å². The van der Waals surface area contributed by atoms with E-state index >= 15 is 0 Å². The third kappa shape index (κ3) is 3.37. The molecule has 1 aliphatic heterocycles. The third-order valence-corrected chi connectivity index (χ3v) is 5.85. The van der Waals surface area contributed by atoms with Crippen molar-refractivity contribution < 1.29 is 0 Å². The molecule has 0 fully saturated rings. The molecule has 3 heterocycles. The average Bonchev–Trinajstić information content (AvgIpc) is 3.15. The van der Waals surface area contributed by atoms with Gasteiger partial charge in [0.15, 0.2) is 11.6 Å². The predicted octanol–water partition coefficient (Wildman–Crippen LogP) is 4.22. The molecule has 144 valence electrons. The smallest absolute Gasteiger partial charge is 0.161 e. The number of hydrogen-bond acceptors (Lipinski definition) is 5. The Morgan fingerprint density at radius 2 is 1.89 bits per heavy atom. The highest BCUT2D eigenvalue weighted by Crippen LogP contribution is 2.29. The van der Waals surface area contributed by atoms with Gasteiger partial charge < -0.3 is 9.88 Å². The summed E-state index contributed by atoms with van der Waals surface area (Å²) in [4.78, 5) is 9.73. The zero-order chi connectivity index (χ0) is 18.9. The second kappa shape index (κ2) is 7.51. The number of nitrogens with zero attached hydrogens (tertiary/aromatic N) is 5. The van der Waals surface area contributed by atoms with Crippen LogP contribution in [-0.2, 0) is 32.4 Å². The average molecular weight is 395 g/mol. The van der Waals surface area contributed by atoms with Crippen molar-refractivity contribution >= 4 is 17.4 Å². The normalized spacial score (nSPS) is 15.8. The number of nitrogens with one attached hydrogen (secondary N) is 1. The van der Waals surface area contributed by atoms with Crippen molar-refractivity contribution in [3.63, 3.8) is 0 Å². The van der Waals surface area contributed by atoms with Gasteiger partial charge in [0.2, 0.25) is 0 Å². The van der Waals surface area contributed by atoms with Gasteiger partial charge in [0, 0.05) is 34.8 Å². The Balaban J connectivity index is 1.47. The largest absolute Gasteiger partial charge is 0.362 e. The molecule has 7 heteroatoms. The van der Waals surface area contributed by atoms with Crippen molar-refractivity contribution in [3.8, 4) is 11.4 Å². The lowest BCUT2D eigenvalue weighted by Crippen LogP contribution is -2.17. The van der Waals surface area contributed by atoms with E-state index in [-0.39, 0.29) is 0 Å². The van der Waals surface area contributed by atoms with Crippen LogP contribution in [-0.4, -0.2) is 24.7 Å². The third-order valence-electron chi connectivity index (χ3n) is 5.62. The summed E-state index contributed by atoms with van der Waals surface area (Å²) >= 11 is 6.18. The molecule has 0 saturated heterocycles. The van der Waals surface area contributed by atoms with Gasteiger partial charge in [0.05, 0.1) is 6.54 Å². The van der Waals surface area contributed by atoms with Gasteiger partial charge >= 0.3 is 0 Å². The maximum atomic E-state index is 6.18. The molecule has 2 aliphatic rings. The van der Waals surface area contributed by atoms with Crippen molar-refractivity contribution in [1.82, 2.24) is 24.7 Å². The Morgan fingerprint density at radius 3 is 2.82 bits per heavy atom. The van der Waals surface area contributed by atoms with Crippen molar-refractivity contribution in [2.75, 3.05) is 5.32 Å². The summed E-state index contributed by atoms with van der Waals surface area (Å²) in [6.45, 7) is 1.64. The van der Waals surface area contributed by atoms with Crippen LogP contribution in [0.1, 0.15) is 48.6 Å². The van der Waals surface area contributed by atoms with Crippen LogP contribution in [0, 0.1) is 0 Å². The second-order valence-corrected chi connectivity index (χ2v) is 7.97. The van der Waals surface area contributed by atoms with Gasteiger partial charge in [-0.15, -0.1) is 10.2 Å². The summed E-state index contributed by atoms with van der Waals surface area (Å²) in [6, 6.07) is 7.74. The van der Waals surface area contributed by atoms with E-state index in [0.717, 1.165) is 60.4 Å².